The van der Waals surface area contributed by atoms with Crippen molar-refractivity contribution in [3.05, 3.63) is 51.6 Å². The number of halogens is 1. The van der Waals surface area contributed by atoms with E-state index in [9.17, 15) is 4.79 Å². The summed E-state index contributed by atoms with van der Waals surface area (Å²) in [5.41, 5.74) is 1.35. The van der Waals surface area contributed by atoms with Crippen LogP contribution in [0.5, 0.6) is 11.5 Å². The molecule has 0 fully saturated rings. The highest BCUT2D eigenvalue weighted by Gasteiger charge is 2.15. The fourth-order valence-electron chi connectivity index (χ4n) is 1.94. The first-order chi connectivity index (χ1) is 9.74. The summed E-state index contributed by atoms with van der Waals surface area (Å²) in [4.78, 5) is 12.2. The minimum atomic E-state index is -0.161. The van der Waals surface area contributed by atoms with Gasteiger partial charge in [0.2, 0.25) is 0 Å². The van der Waals surface area contributed by atoms with Crippen molar-refractivity contribution in [2.45, 2.75) is 0 Å². The molecule has 5 heteroatoms. The Morgan fingerprint density at radius 2 is 1.80 bits per heavy atom. The number of hydrogen-bond donors (Lipinski definition) is 1. The third kappa shape index (κ3) is 2.72. The number of nitrogens with one attached hydrogen (secondary N) is 1. The van der Waals surface area contributed by atoms with Gasteiger partial charge in [0.05, 0.1) is 5.69 Å². The average Bonchev–Trinajstić information content (AvgIpc) is 2.49. The molecular weight excluding hydrogens is 369 g/mol. The van der Waals surface area contributed by atoms with Gasteiger partial charge in [-0.2, -0.15) is 0 Å². The van der Waals surface area contributed by atoms with Crippen molar-refractivity contribution in [1.29, 1.82) is 0 Å². The van der Waals surface area contributed by atoms with Gasteiger partial charge in [-0.3, -0.25) is 4.79 Å². The van der Waals surface area contributed by atoms with Gasteiger partial charge in [0, 0.05) is 9.13 Å². The fourth-order valence-corrected chi connectivity index (χ4v) is 2.46. The molecule has 1 N–H and O–H groups in total. The fraction of sp³-hybridized carbons (Fsp3) is 0.133. The average molecular weight is 381 g/mol. The molecule has 0 saturated heterocycles. The number of ether oxygens (including phenoxy) is 2. The molecule has 0 saturated carbocycles. The molecule has 0 aromatic heterocycles. The number of para-hydroxylation sites is 1. The van der Waals surface area contributed by atoms with Crippen molar-refractivity contribution < 1.29 is 14.3 Å². The number of rotatable bonds is 2. The van der Waals surface area contributed by atoms with Crippen LogP contribution < -0.4 is 14.8 Å². The van der Waals surface area contributed by atoms with Crippen molar-refractivity contribution in [2.75, 3.05) is 18.5 Å². The summed E-state index contributed by atoms with van der Waals surface area (Å²) >= 11 is 2.19. The predicted octanol–water partition coefficient (Wildman–Crippen LogP) is 3.31. The molecule has 0 spiro atoms. The van der Waals surface area contributed by atoms with Gasteiger partial charge < -0.3 is 14.8 Å². The van der Waals surface area contributed by atoms with Gasteiger partial charge in [-0.05, 0) is 52.9 Å². The molecule has 1 aliphatic rings. The van der Waals surface area contributed by atoms with Gasteiger partial charge in [-0.15, -0.1) is 0 Å². The zero-order valence-corrected chi connectivity index (χ0v) is 12.7. The van der Waals surface area contributed by atoms with E-state index in [0.717, 1.165) is 9.26 Å². The molecule has 0 unspecified atom stereocenters. The minimum Gasteiger partial charge on any atom is -0.486 e. The summed E-state index contributed by atoms with van der Waals surface area (Å²) in [5, 5.41) is 2.89. The second kappa shape index (κ2) is 5.70. The Labute approximate surface area is 130 Å². The van der Waals surface area contributed by atoms with Crippen molar-refractivity contribution in [1.82, 2.24) is 0 Å². The smallest absolute Gasteiger partial charge is 0.255 e. The van der Waals surface area contributed by atoms with Gasteiger partial charge in [0.15, 0.2) is 11.5 Å². The summed E-state index contributed by atoms with van der Waals surface area (Å²) in [6.07, 6.45) is 0. The van der Waals surface area contributed by atoms with Crippen LogP contribution in [0.2, 0.25) is 0 Å². The molecule has 1 heterocycles. The topological polar surface area (TPSA) is 47.6 Å². The molecular formula is C15H12INO3. The SMILES string of the molecule is O=C(Nc1ccccc1I)c1ccc2c(c1)OCCO2. The highest BCUT2D eigenvalue weighted by Crippen LogP contribution is 2.31. The number of amides is 1. The van der Waals surface area contributed by atoms with E-state index in [1.54, 1.807) is 18.2 Å². The summed E-state index contributed by atoms with van der Waals surface area (Å²) in [5.74, 6) is 1.14. The van der Waals surface area contributed by atoms with Crippen molar-refractivity contribution in [2.24, 2.45) is 0 Å². The lowest BCUT2D eigenvalue weighted by atomic mass is 10.1. The number of hydrogen-bond acceptors (Lipinski definition) is 3. The largest absolute Gasteiger partial charge is 0.486 e. The number of benzene rings is 2. The summed E-state index contributed by atoms with van der Waals surface area (Å²) in [6, 6.07) is 12.8. The van der Waals surface area contributed by atoms with Crippen molar-refractivity contribution in [3.8, 4) is 11.5 Å². The Balaban J connectivity index is 1.82. The summed E-state index contributed by atoms with van der Waals surface area (Å²) in [7, 11) is 0. The lowest BCUT2D eigenvalue weighted by Gasteiger charge is -2.18. The molecule has 0 atom stereocenters. The molecule has 1 aliphatic heterocycles. The van der Waals surface area contributed by atoms with E-state index in [1.807, 2.05) is 24.3 Å². The number of carbonyl (C=O) groups excluding carboxylic acids is 1. The standard InChI is InChI=1S/C15H12INO3/c16-11-3-1-2-4-12(11)17-15(18)10-5-6-13-14(9-10)20-8-7-19-13/h1-6,9H,7-8H2,(H,17,18). The third-order valence-electron chi connectivity index (χ3n) is 2.93. The first-order valence-electron chi connectivity index (χ1n) is 6.19. The predicted molar refractivity (Wildman–Crippen MR) is 84.5 cm³/mol. The van der Waals surface area contributed by atoms with Gasteiger partial charge in [-0.25, -0.2) is 0 Å². The zero-order valence-electron chi connectivity index (χ0n) is 10.6. The Morgan fingerprint density at radius 1 is 1.05 bits per heavy atom. The van der Waals surface area contributed by atoms with Crippen LogP contribution in [0.25, 0.3) is 0 Å². The third-order valence-corrected chi connectivity index (χ3v) is 3.87. The molecule has 102 valence electrons. The molecule has 20 heavy (non-hydrogen) atoms. The zero-order chi connectivity index (χ0) is 13.9. The second-order valence-electron chi connectivity index (χ2n) is 4.29. The highest BCUT2D eigenvalue weighted by molar-refractivity contribution is 14.1. The van der Waals surface area contributed by atoms with E-state index in [4.69, 9.17) is 9.47 Å². The quantitative estimate of drug-likeness (QED) is 0.813. The Bertz CT molecular complexity index is 657. The Morgan fingerprint density at radius 3 is 2.60 bits per heavy atom. The highest BCUT2D eigenvalue weighted by atomic mass is 127. The second-order valence-corrected chi connectivity index (χ2v) is 5.45. The maximum absolute atomic E-state index is 12.2. The Kier molecular flexibility index (Phi) is 3.77. The molecule has 2 aromatic carbocycles. The van der Waals surface area contributed by atoms with E-state index in [-0.39, 0.29) is 5.91 Å². The first kappa shape index (κ1) is 13.2. The number of anilines is 1. The molecule has 3 rings (SSSR count). The molecule has 0 aliphatic carbocycles. The van der Waals surface area contributed by atoms with Crippen molar-refractivity contribution >= 4 is 34.2 Å². The van der Waals surface area contributed by atoms with Crippen LogP contribution in [0.4, 0.5) is 5.69 Å². The van der Waals surface area contributed by atoms with Crippen LogP contribution in [-0.4, -0.2) is 19.1 Å². The number of carbonyl (C=O) groups is 1. The van der Waals surface area contributed by atoms with E-state index < -0.39 is 0 Å². The first-order valence-corrected chi connectivity index (χ1v) is 7.27. The van der Waals surface area contributed by atoms with Crippen LogP contribution in [0.15, 0.2) is 42.5 Å². The van der Waals surface area contributed by atoms with Gasteiger partial charge in [-0.1, -0.05) is 12.1 Å². The number of fused-ring (bicyclic) bond motifs is 1. The lowest BCUT2D eigenvalue weighted by molar-refractivity contribution is 0.102. The van der Waals surface area contributed by atoms with Crippen LogP contribution in [0, 0.1) is 3.57 Å². The van der Waals surface area contributed by atoms with E-state index in [2.05, 4.69) is 27.9 Å². The van der Waals surface area contributed by atoms with Crippen LogP contribution in [-0.2, 0) is 0 Å². The van der Waals surface area contributed by atoms with Crippen molar-refractivity contribution in [3.63, 3.8) is 0 Å². The summed E-state index contributed by atoms with van der Waals surface area (Å²) in [6.45, 7) is 1.05. The molecule has 2 aromatic rings. The monoisotopic (exact) mass is 381 g/mol. The molecule has 1 amide bonds. The van der Waals surface area contributed by atoms with Gasteiger partial charge >= 0.3 is 0 Å². The summed E-state index contributed by atoms with van der Waals surface area (Å²) < 4.78 is 11.9. The van der Waals surface area contributed by atoms with E-state index >= 15 is 0 Å². The van der Waals surface area contributed by atoms with Crippen LogP contribution in [0.1, 0.15) is 10.4 Å². The molecule has 0 bridgehead atoms. The lowest BCUT2D eigenvalue weighted by Crippen LogP contribution is -2.17. The Hall–Kier alpha value is -1.76. The maximum atomic E-state index is 12.2. The van der Waals surface area contributed by atoms with Crippen LogP contribution in [0.3, 0.4) is 0 Å². The van der Waals surface area contributed by atoms with Crippen LogP contribution >= 0.6 is 22.6 Å². The molecule has 0 radical (unpaired) electrons. The molecule has 4 nitrogen and oxygen atoms in total. The van der Waals surface area contributed by atoms with E-state index in [0.29, 0.717) is 30.3 Å². The normalized spacial score (nSPS) is 12.8. The maximum Gasteiger partial charge on any atom is 0.255 e. The van der Waals surface area contributed by atoms with E-state index in [1.165, 1.54) is 0 Å². The van der Waals surface area contributed by atoms with Gasteiger partial charge in [0.25, 0.3) is 5.91 Å². The van der Waals surface area contributed by atoms with Gasteiger partial charge in [0.1, 0.15) is 13.2 Å². The minimum absolute atomic E-state index is 0.161.